The van der Waals surface area contributed by atoms with Crippen molar-refractivity contribution in [2.75, 3.05) is 20.0 Å². The molecule has 0 saturated heterocycles. The van der Waals surface area contributed by atoms with Crippen molar-refractivity contribution in [3.8, 4) is 0 Å². The average molecular weight is 470 g/mol. The molecule has 1 amide bonds. The van der Waals surface area contributed by atoms with Crippen LogP contribution in [0.5, 0.6) is 0 Å². The van der Waals surface area contributed by atoms with Gasteiger partial charge in [-0.25, -0.2) is 4.79 Å². The first kappa shape index (κ1) is 26.2. The van der Waals surface area contributed by atoms with Gasteiger partial charge in [0.2, 0.25) is 0 Å². The lowest BCUT2D eigenvalue weighted by molar-refractivity contribution is -0.0674. The minimum Gasteiger partial charge on any atom is -0.445 e. The van der Waals surface area contributed by atoms with Crippen LogP contribution < -0.4 is 5.32 Å². The summed E-state index contributed by atoms with van der Waals surface area (Å²) in [5, 5.41) is 13.0. The largest absolute Gasteiger partial charge is 0.445 e. The lowest BCUT2D eigenvalue weighted by Crippen LogP contribution is -2.57. The average Bonchev–Trinajstić information content (AvgIpc) is 2.86. The first-order chi connectivity index (χ1) is 16.6. The SMILES string of the molecule is C[C@@H](CCOCOCc1ccccc1)[C@H]1CCCC[C@@]1(CCO)NC(=O)OCc1ccccc1. The van der Waals surface area contributed by atoms with Crippen LogP contribution in [0, 0.1) is 11.8 Å². The fourth-order valence-electron chi connectivity index (χ4n) is 5.11. The minimum atomic E-state index is -0.454. The molecule has 6 heteroatoms. The molecule has 0 spiro atoms. The highest BCUT2D eigenvalue weighted by atomic mass is 16.7. The van der Waals surface area contributed by atoms with Crippen molar-refractivity contribution in [3.63, 3.8) is 0 Å². The van der Waals surface area contributed by atoms with Gasteiger partial charge in [0.25, 0.3) is 0 Å². The number of hydrogen-bond acceptors (Lipinski definition) is 5. The monoisotopic (exact) mass is 469 g/mol. The van der Waals surface area contributed by atoms with Crippen molar-refractivity contribution >= 4 is 6.09 Å². The van der Waals surface area contributed by atoms with E-state index in [2.05, 4.69) is 12.2 Å². The molecule has 2 aromatic rings. The normalized spacial score (nSPS) is 21.1. The van der Waals surface area contributed by atoms with Crippen molar-refractivity contribution in [1.82, 2.24) is 5.32 Å². The smallest absolute Gasteiger partial charge is 0.407 e. The van der Waals surface area contributed by atoms with Gasteiger partial charge < -0.3 is 24.6 Å². The van der Waals surface area contributed by atoms with Crippen LogP contribution in [0.1, 0.15) is 56.6 Å². The molecule has 0 radical (unpaired) electrons. The third-order valence-electron chi connectivity index (χ3n) is 6.90. The van der Waals surface area contributed by atoms with Crippen LogP contribution in [-0.4, -0.2) is 36.7 Å². The van der Waals surface area contributed by atoms with E-state index in [0.717, 1.165) is 43.2 Å². The number of benzene rings is 2. The Morgan fingerprint density at radius 1 is 1.03 bits per heavy atom. The molecule has 1 fully saturated rings. The van der Waals surface area contributed by atoms with E-state index in [0.29, 0.717) is 25.6 Å². The molecule has 34 heavy (non-hydrogen) atoms. The van der Waals surface area contributed by atoms with Gasteiger partial charge in [0.15, 0.2) is 0 Å². The van der Waals surface area contributed by atoms with Crippen LogP contribution >= 0.6 is 0 Å². The van der Waals surface area contributed by atoms with E-state index < -0.39 is 11.6 Å². The molecule has 1 aliphatic rings. The molecule has 186 valence electrons. The van der Waals surface area contributed by atoms with E-state index in [9.17, 15) is 9.90 Å². The molecule has 6 nitrogen and oxygen atoms in total. The topological polar surface area (TPSA) is 77.0 Å². The van der Waals surface area contributed by atoms with E-state index in [1.54, 1.807) is 0 Å². The van der Waals surface area contributed by atoms with Gasteiger partial charge in [0, 0.05) is 18.8 Å². The lowest BCUT2D eigenvalue weighted by atomic mass is 9.65. The van der Waals surface area contributed by atoms with Crippen molar-refractivity contribution in [2.45, 2.75) is 64.2 Å². The summed E-state index contributed by atoms with van der Waals surface area (Å²) in [6, 6.07) is 19.7. The maximum Gasteiger partial charge on any atom is 0.407 e. The zero-order chi connectivity index (χ0) is 24.1. The van der Waals surface area contributed by atoms with Gasteiger partial charge in [-0.15, -0.1) is 0 Å². The zero-order valence-electron chi connectivity index (χ0n) is 20.3. The summed E-state index contributed by atoms with van der Waals surface area (Å²) in [6.45, 7) is 3.88. The summed E-state index contributed by atoms with van der Waals surface area (Å²) >= 11 is 0. The van der Waals surface area contributed by atoms with Gasteiger partial charge in [-0.3, -0.25) is 0 Å². The van der Waals surface area contributed by atoms with Crippen molar-refractivity contribution in [3.05, 3.63) is 71.8 Å². The Hall–Kier alpha value is -2.41. The number of rotatable bonds is 13. The molecule has 2 aromatic carbocycles. The molecule has 0 heterocycles. The summed E-state index contributed by atoms with van der Waals surface area (Å²) in [6.07, 6.45) is 5.02. The van der Waals surface area contributed by atoms with Crippen LogP contribution in [-0.2, 0) is 27.4 Å². The predicted molar refractivity (Wildman–Crippen MR) is 132 cm³/mol. The van der Waals surface area contributed by atoms with Crippen molar-refractivity contribution in [2.24, 2.45) is 11.8 Å². The van der Waals surface area contributed by atoms with Gasteiger partial charge in [0.1, 0.15) is 13.4 Å². The molecular formula is C28H39NO5. The Morgan fingerprint density at radius 2 is 1.71 bits per heavy atom. The number of carbonyl (C=O) groups is 1. The second-order valence-electron chi connectivity index (χ2n) is 9.29. The molecule has 3 atom stereocenters. The molecular weight excluding hydrogens is 430 g/mol. The second kappa shape index (κ2) is 14.1. The van der Waals surface area contributed by atoms with Gasteiger partial charge in [-0.2, -0.15) is 0 Å². The maximum absolute atomic E-state index is 12.7. The zero-order valence-corrected chi connectivity index (χ0v) is 20.3. The molecule has 0 aromatic heterocycles. The first-order valence-corrected chi connectivity index (χ1v) is 12.4. The quantitative estimate of drug-likeness (QED) is 0.302. The number of nitrogens with one attached hydrogen (secondary N) is 1. The van der Waals surface area contributed by atoms with E-state index >= 15 is 0 Å². The Morgan fingerprint density at radius 3 is 2.38 bits per heavy atom. The summed E-state index contributed by atoms with van der Waals surface area (Å²) in [4.78, 5) is 12.7. The predicted octanol–water partition coefficient (Wildman–Crippen LogP) is 5.44. The number of alkyl carbamates (subject to hydrolysis) is 1. The number of ether oxygens (including phenoxy) is 3. The number of aliphatic hydroxyl groups excluding tert-OH is 1. The standard InChI is InChI=1S/C28H39NO5/c1-23(15-19-32-22-33-20-24-10-4-2-5-11-24)26-14-8-9-16-28(26,17-18-30)29-27(31)34-21-25-12-6-3-7-13-25/h2-7,10-13,23,26,30H,8-9,14-22H2,1H3,(H,29,31)/t23-,26+,28-/m0/s1. The highest BCUT2D eigenvalue weighted by Crippen LogP contribution is 2.41. The summed E-state index contributed by atoms with van der Waals surface area (Å²) in [5.41, 5.74) is 1.62. The van der Waals surface area contributed by atoms with E-state index in [1.807, 2.05) is 60.7 Å². The van der Waals surface area contributed by atoms with Crippen LogP contribution in [0.4, 0.5) is 4.79 Å². The second-order valence-corrected chi connectivity index (χ2v) is 9.29. The lowest BCUT2D eigenvalue weighted by Gasteiger charge is -2.47. The van der Waals surface area contributed by atoms with Crippen LogP contribution in [0.2, 0.25) is 0 Å². The molecule has 0 aliphatic heterocycles. The van der Waals surface area contributed by atoms with Gasteiger partial charge in [-0.1, -0.05) is 80.4 Å². The molecule has 1 aliphatic carbocycles. The van der Waals surface area contributed by atoms with E-state index in [1.165, 1.54) is 0 Å². The third-order valence-corrected chi connectivity index (χ3v) is 6.90. The minimum absolute atomic E-state index is 0.0337. The molecule has 1 saturated carbocycles. The molecule has 3 rings (SSSR count). The van der Waals surface area contributed by atoms with Gasteiger partial charge >= 0.3 is 6.09 Å². The summed E-state index contributed by atoms with van der Waals surface area (Å²) in [7, 11) is 0. The highest BCUT2D eigenvalue weighted by Gasteiger charge is 2.44. The van der Waals surface area contributed by atoms with Crippen LogP contribution in [0.25, 0.3) is 0 Å². The van der Waals surface area contributed by atoms with Crippen LogP contribution in [0.15, 0.2) is 60.7 Å². The van der Waals surface area contributed by atoms with Gasteiger partial charge in [-0.05, 0) is 48.6 Å². The van der Waals surface area contributed by atoms with E-state index in [4.69, 9.17) is 14.2 Å². The van der Waals surface area contributed by atoms with Crippen molar-refractivity contribution < 1.29 is 24.1 Å². The Bertz CT molecular complexity index is 827. The third kappa shape index (κ3) is 8.12. The Balaban J connectivity index is 1.47. The molecule has 2 N–H and O–H groups in total. The molecule has 0 unspecified atom stereocenters. The Labute approximate surface area is 203 Å². The van der Waals surface area contributed by atoms with Gasteiger partial charge in [0.05, 0.1) is 6.61 Å². The van der Waals surface area contributed by atoms with Crippen molar-refractivity contribution in [1.29, 1.82) is 0 Å². The first-order valence-electron chi connectivity index (χ1n) is 12.4. The van der Waals surface area contributed by atoms with Crippen LogP contribution in [0.3, 0.4) is 0 Å². The summed E-state index contributed by atoms with van der Waals surface area (Å²) < 4.78 is 16.9. The summed E-state index contributed by atoms with van der Waals surface area (Å²) in [5.74, 6) is 0.585. The molecule has 0 bridgehead atoms. The highest BCUT2D eigenvalue weighted by molar-refractivity contribution is 5.68. The number of aliphatic hydroxyl groups is 1. The fourth-order valence-corrected chi connectivity index (χ4v) is 5.11. The fraction of sp³-hybridized carbons (Fsp3) is 0.536. The number of amides is 1. The number of hydrogen-bond donors (Lipinski definition) is 2. The Kier molecular flexibility index (Phi) is 10.9. The van der Waals surface area contributed by atoms with E-state index in [-0.39, 0.29) is 25.9 Å². The number of carbonyl (C=O) groups excluding carboxylic acids is 1. The maximum atomic E-state index is 12.7.